The summed E-state index contributed by atoms with van der Waals surface area (Å²) in [6.07, 6.45) is 0.832. The van der Waals surface area contributed by atoms with Crippen molar-refractivity contribution >= 4 is 29.0 Å². The van der Waals surface area contributed by atoms with Gasteiger partial charge in [0.25, 0.3) is 0 Å². The minimum absolute atomic E-state index is 0.0739. The van der Waals surface area contributed by atoms with Gasteiger partial charge in [-0.1, -0.05) is 24.3 Å². The second-order valence-electron chi connectivity index (χ2n) is 4.87. The highest BCUT2D eigenvalue weighted by atomic mass is 32.2. The lowest BCUT2D eigenvalue weighted by Crippen LogP contribution is -2.33. The summed E-state index contributed by atoms with van der Waals surface area (Å²) in [6, 6.07) is 12.1. The molecule has 2 heterocycles. The summed E-state index contributed by atoms with van der Waals surface area (Å²) < 4.78 is 5.61. The predicted molar refractivity (Wildman–Crippen MR) is 87.9 cm³/mol. The van der Waals surface area contributed by atoms with Gasteiger partial charge in [-0.05, 0) is 17.5 Å². The minimum Gasteiger partial charge on any atom is -0.493 e. The number of nitrogens with one attached hydrogen (secondary N) is 1. The highest BCUT2D eigenvalue weighted by Gasteiger charge is 2.22. The monoisotopic (exact) mass is 319 g/mol. The molecule has 1 aromatic carbocycles. The third kappa shape index (κ3) is 3.80. The summed E-state index contributed by atoms with van der Waals surface area (Å²) in [5.74, 6) is 2.38. The molecule has 21 heavy (non-hydrogen) atoms. The molecule has 3 rings (SSSR count). The van der Waals surface area contributed by atoms with E-state index in [1.165, 1.54) is 4.88 Å². The summed E-state index contributed by atoms with van der Waals surface area (Å²) in [5.41, 5.74) is 1.08. The first-order valence-corrected chi connectivity index (χ1v) is 8.97. The summed E-state index contributed by atoms with van der Waals surface area (Å²) in [7, 11) is 0. The van der Waals surface area contributed by atoms with E-state index in [-0.39, 0.29) is 11.9 Å². The van der Waals surface area contributed by atoms with Crippen molar-refractivity contribution in [3.05, 3.63) is 52.2 Å². The van der Waals surface area contributed by atoms with E-state index in [0.29, 0.717) is 12.4 Å². The SMILES string of the molecule is O=C(CSCc1cccs1)N[C@H]1CCOc2ccccc21. The average Bonchev–Trinajstić information content (AvgIpc) is 3.01. The fraction of sp³-hybridized carbons (Fsp3) is 0.312. The van der Waals surface area contributed by atoms with Gasteiger partial charge >= 0.3 is 0 Å². The molecule has 3 nitrogen and oxygen atoms in total. The van der Waals surface area contributed by atoms with E-state index >= 15 is 0 Å². The van der Waals surface area contributed by atoms with Gasteiger partial charge in [-0.15, -0.1) is 23.1 Å². The molecule has 0 unspecified atom stereocenters. The van der Waals surface area contributed by atoms with Crippen LogP contribution in [0.2, 0.25) is 0 Å². The van der Waals surface area contributed by atoms with Crippen LogP contribution in [0.25, 0.3) is 0 Å². The smallest absolute Gasteiger partial charge is 0.230 e. The zero-order valence-corrected chi connectivity index (χ0v) is 13.2. The molecule has 1 amide bonds. The van der Waals surface area contributed by atoms with E-state index in [2.05, 4.69) is 16.8 Å². The van der Waals surface area contributed by atoms with Crippen molar-refractivity contribution in [3.8, 4) is 5.75 Å². The number of benzene rings is 1. The topological polar surface area (TPSA) is 38.3 Å². The molecule has 0 saturated carbocycles. The van der Waals surface area contributed by atoms with Gasteiger partial charge in [-0.25, -0.2) is 0 Å². The predicted octanol–water partition coefficient (Wildman–Crippen LogP) is 3.62. The lowest BCUT2D eigenvalue weighted by atomic mass is 10.0. The maximum Gasteiger partial charge on any atom is 0.230 e. The van der Waals surface area contributed by atoms with E-state index in [9.17, 15) is 4.79 Å². The fourth-order valence-corrected chi connectivity index (χ4v) is 4.05. The van der Waals surface area contributed by atoms with E-state index < -0.39 is 0 Å². The fourth-order valence-electron chi connectivity index (χ4n) is 2.37. The molecular formula is C16H17NO2S2. The molecule has 0 radical (unpaired) electrons. The highest BCUT2D eigenvalue weighted by molar-refractivity contribution is 7.99. The molecule has 0 spiro atoms. The van der Waals surface area contributed by atoms with Crippen LogP contribution in [0.1, 0.15) is 22.9 Å². The Kier molecular flexibility index (Phi) is 4.83. The van der Waals surface area contributed by atoms with Crippen LogP contribution in [0.4, 0.5) is 0 Å². The first-order valence-electron chi connectivity index (χ1n) is 6.94. The Morgan fingerprint density at radius 2 is 2.24 bits per heavy atom. The number of hydrogen-bond acceptors (Lipinski definition) is 4. The third-order valence-corrected chi connectivity index (χ3v) is 5.39. The number of ether oxygens (including phenoxy) is 1. The van der Waals surface area contributed by atoms with Crippen LogP contribution >= 0.6 is 23.1 Å². The van der Waals surface area contributed by atoms with Gasteiger partial charge in [0, 0.05) is 22.6 Å². The Morgan fingerprint density at radius 3 is 3.10 bits per heavy atom. The summed E-state index contributed by atoms with van der Waals surface area (Å²) in [6.45, 7) is 0.657. The second-order valence-corrected chi connectivity index (χ2v) is 6.89. The van der Waals surface area contributed by atoms with E-state index in [1.807, 2.05) is 30.3 Å². The van der Waals surface area contributed by atoms with Crippen LogP contribution in [0.3, 0.4) is 0 Å². The number of carbonyl (C=O) groups is 1. The van der Waals surface area contributed by atoms with Crippen LogP contribution in [-0.2, 0) is 10.5 Å². The molecule has 1 aromatic heterocycles. The zero-order valence-electron chi connectivity index (χ0n) is 11.6. The molecule has 1 aliphatic rings. The maximum atomic E-state index is 12.1. The van der Waals surface area contributed by atoms with Gasteiger partial charge in [0.2, 0.25) is 5.91 Å². The third-order valence-electron chi connectivity index (χ3n) is 3.35. The van der Waals surface area contributed by atoms with Gasteiger partial charge in [-0.2, -0.15) is 0 Å². The zero-order chi connectivity index (χ0) is 14.5. The molecule has 110 valence electrons. The van der Waals surface area contributed by atoms with E-state index in [4.69, 9.17) is 4.74 Å². The summed E-state index contributed by atoms with van der Waals surface area (Å²) in [4.78, 5) is 13.4. The molecule has 1 aliphatic heterocycles. The average molecular weight is 319 g/mol. The van der Waals surface area contributed by atoms with Crippen molar-refractivity contribution in [3.63, 3.8) is 0 Å². The van der Waals surface area contributed by atoms with E-state index in [1.54, 1.807) is 23.1 Å². The Balaban J connectivity index is 1.51. The Labute approximate surface area is 132 Å². The van der Waals surface area contributed by atoms with Crippen LogP contribution in [-0.4, -0.2) is 18.3 Å². The Bertz CT molecular complexity index is 598. The number of thiophene rings is 1. The largest absolute Gasteiger partial charge is 0.493 e. The molecule has 5 heteroatoms. The number of amides is 1. The first kappa shape index (κ1) is 14.5. The normalized spacial score (nSPS) is 16.9. The first-order chi connectivity index (χ1) is 10.3. The highest BCUT2D eigenvalue weighted by Crippen LogP contribution is 2.31. The standard InChI is InChI=1S/C16H17NO2S2/c18-16(11-20-10-12-4-3-9-21-12)17-14-7-8-19-15-6-2-1-5-13(14)15/h1-6,9,14H,7-8,10-11H2,(H,17,18)/t14-/m0/s1. The Hall–Kier alpha value is -1.46. The minimum atomic E-state index is 0.0739. The van der Waals surface area contributed by atoms with Gasteiger partial charge < -0.3 is 10.1 Å². The summed E-state index contributed by atoms with van der Waals surface area (Å²) >= 11 is 3.39. The molecule has 1 N–H and O–H groups in total. The molecule has 0 fully saturated rings. The van der Waals surface area contributed by atoms with Crippen molar-refractivity contribution in [2.24, 2.45) is 0 Å². The van der Waals surface area contributed by atoms with Crippen molar-refractivity contribution < 1.29 is 9.53 Å². The second kappa shape index (κ2) is 7.00. The Morgan fingerprint density at radius 1 is 1.33 bits per heavy atom. The van der Waals surface area contributed by atoms with Crippen molar-refractivity contribution in [2.45, 2.75) is 18.2 Å². The van der Waals surface area contributed by atoms with Crippen LogP contribution in [0.15, 0.2) is 41.8 Å². The van der Waals surface area contributed by atoms with Crippen molar-refractivity contribution in [1.82, 2.24) is 5.32 Å². The van der Waals surface area contributed by atoms with Crippen LogP contribution in [0, 0.1) is 0 Å². The summed E-state index contributed by atoms with van der Waals surface area (Å²) in [5, 5.41) is 5.18. The number of rotatable bonds is 5. The van der Waals surface area contributed by atoms with Crippen LogP contribution < -0.4 is 10.1 Å². The van der Waals surface area contributed by atoms with Crippen molar-refractivity contribution in [1.29, 1.82) is 0 Å². The van der Waals surface area contributed by atoms with Gasteiger partial charge in [0.1, 0.15) is 5.75 Å². The lowest BCUT2D eigenvalue weighted by molar-refractivity contribution is -0.119. The number of thioether (sulfide) groups is 1. The molecule has 1 atom stereocenters. The molecule has 0 saturated heterocycles. The number of carbonyl (C=O) groups excluding carboxylic acids is 1. The van der Waals surface area contributed by atoms with Crippen molar-refractivity contribution in [2.75, 3.05) is 12.4 Å². The quantitative estimate of drug-likeness (QED) is 0.915. The van der Waals surface area contributed by atoms with E-state index in [0.717, 1.165) is 23.5 Å². The molecule has 0 aliphatic carbocycles. The van der Waals surface area contributed by atoms with Gasteiger partial charge in [-0.3, -0.25) is 4.79 Å². The van der Waals surface area contributed by atoms with Crippen LogP contribution in [0.5, 0.6) is 5.75 Å². The molecule has 0 bridgehead atoms. The van der Waals surface area contributed by atoms with Gasteiger partial charge in [0.15, 0.2) is 0 Å². The number of fused-ring (bicyclic) bond motifs is 1. The maximum absolute atomic E-state index is 12.1. The van der Waals surface area contributed by atoms with Gasteiger partial charge in [0.05, 0.1) is 18.4 Å². The number of para-hydroxylation sites is 1. The lowest BCUT2D eigenvalue weighted by Gasteiger charge is -2.26. The molecular weight excluding hydrogens is 302 g/mol. The molecule has 2 aromatic rings. The number of hydrogen-bond donors (Lipinski definition) is 1.